The molecule has 0 saturated carbocycles. The number of carbonyl (C=O) groups is 3. The van der Waals surface area contributed by atoms with Gasteiger partial charge in [0, 0.05) is 74.8 Å². The molecule has 0 spiro atoms. The minimum absolute atomic E-state index is 0.0141. The summed E-state index contributed by atoms with van der Waals surface area (Å²) in [5.41, 5.74) is 5.59. The van der Waals surface area contributed by atoms with Gasteiger partial charge in [-0.05, 0) is 91.5 Å². The highest BCUT2D eigenvalue weighted by molar-refractivity contribution is 5.95. The first-order valence-corrected chi connectivity index (χ1v) is 18.8. The summed E-state index contributed by atoms with van der Waals surface area (Å²) in [6.07, 6.45) is 17.9. The number of hydrogen-bond acceptors (Lipinski definition) is 8. The van der Waals surface area contributed by atoms with E-state index in [1.807, 2.05) is 18.3 Å². The number of phenolic OH excluding ortho intramolecular Hbond substituents is 1. The number of rotatable bonds is 7. The number of aromatic amines is 1. The molecule has 2 aromatic carbocycles. The van der Waals surface area contributed by atoms with Crippen molar-refractivity contribution in [1.82, 2.24) is 14.9 Å². The normalized spacial score (nSPS) is 20.1. The lowest BCUT2D eigenvalue weighted by atomic mass is 9.89. The Labute approximate surface area is 311 Å². The maximum absolute atomic E-state index is 14.1. The van der Waals surface area contributed by atoms with Gasteiger partial charge in [0.15, 0.2) is 11.5 Å². The molecule has 2 aliphatic rings. The molecule has 53 heavy (non-hydrogen) atoms. The highest BCUT2D eigenvalue weighted by Crippen LogP contribution is 2.37. The molecule has 3 atom stereocenters. The van der Waals surface area contributed by atoms with Crippen molar-refractivity contribution in [3.05, 3.63) is 101 Å². The number of esters is 1. The predicted molar refractivity (Wildman–Crippen MR) is 207 cm³/mol. The number of benzene rings is 2. The van der Waals surface area contributed by atoms with Gasteiger partial charge in [0.2, 0.25) is 0 Å². The van der Waals surface area contributed by atoms with E-state index in [-0.39, 0.29) is 30.2 Å². The van der Waals surface area contributed by atoms with Crippen LogP contribution >= 0.6 is 0 Å². The number of anilines is 1. The van der Waals surface area contributed by atoms with E-state index < -0.39 is 18.1 Å². The zero-order valence-electron chi connectivity index (χ0n) is 31.3. The Morgan fingerprint density at radius 2 is 1.83 bits per heavy atom. The number of ketones is 2. The molecule has 4 heterocycles. The Hall–Kier alpha value is -5.25. The highest BCUT2D eigenvalue weighted by Gasteiger charge is 2.26. The third-order valence-corrected chi connectivity index (χ3v) is 10.7. The van der Waals surface area contributed by atoms with E-state index in [1.165, 1.54) is 30.7 Å². The van der Waals surface area contributed by atoms with Crippen molar-refractivity contribution < 1.29 is 29.0 Å². The average molecular weight is 721 g/mol. The van der Waals surface area contributed by atoms with Gasteiger partial charge in [0.05, 0.1) is 18.8 Å². The van der Waals surface area contributed by atoms with Gasteiger partial charge in [0.1, 0.15) is 23.5 Å². The number of dihydropyridines is 1. The lowest BCUT2D eigenvalue weighted by molar-refractivity contribution is -0.148. The molecule has 3 N–H and O–H groups in total. The van der Waals surface area contributed by atoms with E-state index in [0.29, 0.717) is 37.6 Å². The fourth-order valence-electron chi connectivity index (χ4n) is 7.75. The molecular formula is C43H52N4O6. The number of aromatic nitrogens is 2. The lowest BCUT2D eigenvalue weighted by Gasteiger charge is -2.30. The van der Waals surface area contributed by atoms with E-state index >= 15 is 0 Å². The zero-order valence-corrected chi connectivity index (χ0v) is 31.3. The van der Waals surface area contributed by atoms with Crippen molar-refractivity contribution in [2.24, 2.45) is 5.92 Å². The number of nitrogens with one attached hydrogen (secondary N) is 2. The Morgan fingerprint density at radius 3 is 2.60 bits per heavy atom. The Kier molecular flexibility index (Phi) is 12.1. The third-order valence-electron chi connectivity index (χ3n) is 10.7. The third kappa shape index (κ3) is 9.22. The Balaban J connectivity index is 1.46. The summed E-state index contributed by atoms with van der Waals surface area (Å²) in [6, 6.07) is 10.9. The van der Waals surface area contributed by atoms with Gasteiger partial charge in [-0.3, -0.25) is 14.4 Å². The first kappa shape index (κ1) is 37.5. The van der Waals surface area contributed by atoms with Gasteiger partial charge in [-0.2, -0.15) is 0 Å². The summed E-state index contributed by atoms with van der Waals surface area (Å²) >= 11 is 0. The number of carbonyl (C=O) groups excluding carboxylic acids is 3. The number of phenols is 1. The van der Waals surface area contributed by atoms with Crippen LogP contribution in [0.15, 0.2) is 84.7 Å². The number of aryl methyl sites for hydroxylation is 1. The fourth-order valence-corrected chi connectivity index (χ4v) is 7.75. The average Bonchev–Trinajstić information content (AvgIpc) is 3.78. The van der Waals surface area contributed by atoms with Crippen molar-refractivity contribution in [3.8, 4) is 11.5 Å². The fraction of sp³-hybridized carbons (Fsp3) is 0.419. The molecule has 0 radical (unpaired) electrons. The molecule has 4 bridgehead atoms. The molecule has 0 amide bonds. The summed E-state index contributed by atoms with van der Waals surface area (Å²) in [4.78, 5) is 44.2. The predicted octanol–water partition coefficient (Wildman–Crippen LogP) is 7.71. The Bertz CT molecular complexity index is 2000. The summed E-state index contributed by atoms with van der Waals surface area (Å²) < 4.78 is 13.3. The molecule has 4 aromatic rings. The topological polar surface area (TPSA) is 126 Å². The molecule has 0 saturated heterocycles. The molecule has 280 valence electrons. The van der Waals surface area contributed by atoms with E-state index in [4.69, 9.17) is 9.47 Å². The van der Waals surface area contributed by atoms with E-state index in [2.05, 4.69) is 69.6 Å². The molecule has 10 nitrogen and oxygen atoms in total. The molecule has 3 unspecified atom stereocenters. The van der Waals surface area contributed by atoms with Crippen molar-refractivity contribution >= 4 is 34.0 Å². The molecule has 2 aliphatic heterocycles. The Morgan fingerprint density at radius 1 is 1.00 bits per heavy atom. The monoisotopic (exact) mass is 720 g/mol. The largest absolute Gasteiger partial charge is 0.504 e. The molecular weight excluding hydrogens is 668 g/mol. The SMILES string of the molecule is CCC1CCC(OC(C)=O)CC(=O)CC(c2ccc(O)c(OC)c2)n2cc3cccc(c3c2)N(CCC(C)=O)C2=CC(=CCN2)CCc2c[nH]cc2C1. The first-order chi connectivity index (χ1) is 25.6. The quantitative estimate of drug-likeness (QED) is 0.166. The van der Waals surface area contributed by atoms with Gasteiger partial charge in [0.25, 0.3) is 0 Å². The summed E-state index contributed by atoms with van der Waals surface area (Å²) in [6.45, 7) is 6.40. The van der Waals surface area contributed by atoms with Gasteiger partial charge < -0.3 is 34.3 Å². The van der Waals surface area contributed by atoms with Gasteiger partial charge in [-0.1, -0.05) is 37.6 Å². The zero-order chi connectivity index (χ0) is 37.5. The summed E-state index contributed by atoms with van der Waals surface area (Å²) in [7, 11) is 1.50. The molecule has 10 heteroatoms. The van der Waals surface area contributed by atoms with Crippen LogP contribution in [0, 0.1) is 5.92 Å². The maximum atomic E-state index is 14.1. The van der Waals surface area contributed by atoms with Crippen LogP contribution in [0.5, 0.6) is 11.5 Å². The van der Waals surface area contributed by atoms with Gasteiger partial charge in [-0.25, -0.2) is 0 Å². The summed E-state index contributed by atoms with van der Waals surface area (Å²) in [5.74, 6) is 1.33. The van der Waals surface area contributed by atoms with Crippen molar-refractivity contribution in [3.63, 3.8) is 0 Å². The second kappa shape index (κ2) is 17.1. The minimum Gasteiger partial charge on any atom is -0.504 e. The minimum atomic E-state index is -0.527. The van der Waals surface area contributed by atoms with Crippen LogP contribution in [0.4, 0.5) is 5.69 Å². The summed E-state index contributed by atoms with van der Waals surface area (Å²) in [5, 5.41) is 16.0. The van der Waals surface area contributed by atoms with Crippen LogP contribution in [0.2, 0.25) is 0 Å². The van der Waals surface area contributed by atoms with Crippen molar-refractivity contribution in [2.75, 3.05) is 25.1 Å². The number of Topliss-reactive ketones (excluding diaryl/α,β-unsaturated/α-hetero) is 2. The number of allylic oxidation sites excluding steroid dienone is 2. The number of ether oxygens (including phenoxy) is 2. The number of aromatic hydroxyl groups is 1. The molecule has 0 fully saturated rings. The number of fused-ring (bicyclic) bond motifs is 3. The van der Waals surface area contributed by atoms with E-state index in [1.54, 1.807) is 19.1 Å². The molecule has 6 rings (SSSR count). The molecule has 2 aromatic heterocycles. The second-order valence-electron chi connectivity index (χ2n) is 14.5. The smallest absolute Gasteiger partial charge is 0.302 e. The number of H-pyrrole nitrogens is 1. The van der Waals surface area contributed by atoms with Crippen LogP contribution < -0.4 is 15.0 Å². The van der Waals surface area contributed by atoms with Crippen LogP contribution in [-0.4, -0.2) is 58.5 Å². The number of hydrogen-bond donors (Lipinski definition) is 3. The van der Waals surface area contributed by atoms with Crippen molar-refractivity contribution in [1.29, 1.82) is 0 Å². The molecule has 0 aliphatic carbocycles. The van der Waals surface area contributed by atoms with Crippen LogP contribution in [0.3, 0.4) is 0 Å². The van der Waals surface area contributed by atoms with Crippen LogP contribution in [0.1, 0.15) is 88.4 Å². The van der Waals surface area contributed by atoms with Gasteiger partial charge in [-0.15, -0.1) is 0 Å². The van der Waals surface area contributed by atoms with Crippen LogP contribution in [-0.2, 0) is 32.0 Å². The van der Waals surface area contributed by atoms with Crippen molar-refractivity contribution in [2.45, 2.75) is 90.7 Å². The second-order valence-corrected chi connectivity index (χ2v) is 14.5. The van der Waals surface area contributed by atoms with E-state index in [0.717, 1.165) is 59.9 Å². The maximum Gasteiger partial charge on any atom is 0.302 e. The highest BCUT2D eigenvalue weighted by atomic mass is 16.5. The number of methoxy groups -OCH3 is 1. The standard InChI is InChI=1S/C43H52N4O6/c1-5-30-10-13-37(53-29(3)49)22-36(50)23-40(32-12-14-41(51)42(21-32)52-4)46-26-34-7-6-8-39(38(34)27-46)47(18-16-28(2)48)43-20-31(15-17-45-43)9-11-33-24-44-25-35(33)19-30/h6-8,12,14-15,20-21,24-27,30,37,40,44-45,51H,5,9-11,13,16-19,22-23H2,1-4H3. The first-order valence-electron chi connectivity index (χ1n) is 18.8. The van der Waals surface area contributed by atoms with Gasteiger partial charge >= 0.3 is 5.97 Å². The van der Waals surface area contributed by atoms with Crippen LogP contribution in [0.25, 0.3) is 10.8 Å². The van der Waals surface area contributed by atoms with E-state index in [9.17, 15) is 19.5 Å². The number of nitrogens with zero attached hydrogens (tertiary/aromatic N) is 2. The lowest BCUT2D eigenvalue weighted by Crippen LogP contribution is -2.35.